The first-order valence-electron chi connectivity index (χ1n) is 8.60. The van der Waals surface area contributed by atoms with E-state index in [-0.39, 0.29) is 29.4 Å². The molecule has 7 heteroatoms. The lowest BCUT2D eigenvalue weighted by molar-refractivity contribution is 0.383. The molecular weight excluding hydrogens is 463 g/mol. The average Bonchev–Trinajstić information content (AvgIpc) is 3.02. The van der Waals surface area contributed by atoms with Gasteiger partial charge >= 0.3 is 0 Å². The van der Waals surface area contributed by atoms with Crippen LogP contribution in [0.1, 0.15) is 44.9 Å². The van der Waals surface area contributed by atoms with Crippen LogP contribution in [0, 0.1) is 0 Å². The van der Waals surface area contributed by atoms with E-state index >= 15 is 0 Å². The van der Waals surface area contributed by atoms with Crippen LogP contribution in [-0.2, 0) is 18.4 Å². The Kier molecular flexibility index (Phi) is 9.43. The first-order chi connectivity index (χ1) is 11.9. The van der Waals surface area contributed by atoms with E-state index in [0.29, 0.717) is 12.4 Å². The van der Waals surface area contributed by atoms with Crippen LogP contribution in [0.3, 0.4) is 0 Å². The minimum Gasteiger partial charge on any atom is -0.443 e. The van der Waals surface area contributed by atoms with Crippen molar-refractivity contribution in [1.82, 2.24) is 15.6 Å². The number of halogens is 2. The fraction of sp³-hybridized carbons (Fsp3) is 0.474. The Morgan fingerprint density at radius 1 is 1.27 bits per heavy atom. The predicted molar refractivity (Wildman–Crippen MR) is 119 cm³/mol. The second kappa shape index (κ2) is 10.8. The number of hydrogen-bond acceptors (Lipinski definition) is 3. The zero-order valence-electron chi connectivity index (χ0n) is 15.8. The van der Waals surface area contributed by atoms with Gasteiger partial charge < -0.3 is 15.1 Å². The van der Waals surface area contributed by atoms with Crippen LogP contribution in [-0.4, -0.2) is 24.0 Å². The molecule has 0 atom stereocenters. The molecule has 0 amide bonds. The summed E-state index contributed by atoms with van der Waals surface area (Å²) < 4.78 is 5.78. The summed E-state index contributed by atoms with van der Waals surface area (Å²) in [5, 5.41) is 7.31. The molecule has 144 valence electrons. The molecule has 0 bridgehead atoms. The van der Waals surface area contributed by atoms with Crippen molar-refractivity contribution >= 4 is 41.5 Å². The molecule has 0 saturated carbocycles. The highest BCUT2D eigenvalue weighted by molar-refractivity contribution is 14.0. The van der Waals surface area contributed by atoms with E-state index in [0.717, 1.165) is 36.3 Å². The molecular formula is C19H28ClIN4O. The fourth-order valence-corrected chi connectivity index (χ4v) is 2.45. The smallest absolute Gasteiger partial charge is 0.216 e. The zero-order valence-corrected chi connectivity index (χ0v) is 18.9. The Hall–Kier alpha value is -1.28. The van der Waals surface area contributed by atoms with Crippen molar-refractivity contribution in [2.75, 3.05) is 13.1 Å². The maximum absolute atomic E-state index is 6.01. The highest BCUT2D eigenvalue weighted by Crippen LogP contribution is 2.22. The lowest BCUT2D eigenvalue weighted by Gasteiger charge is -2.13. The molecule has 0 saturated heterocycles. The van der Waals surface area contributed by atoms with Gasteiger partial charge in [0, 0.05) is 23.5 Å². The second-order valence-electron chi connectivity index (χ2n) is 6.87. The van der Waals surface area contributed by atoms with E-state index < -0.39 is 0 Å². The monoisotopic (exact) mass is 490 g/mol. The summed E-state index contributed by atoms with van der Waals surface area (Å²) >= 11 is 6.01. The van der Waals surface area contributed by atoms with Crippen LogP contribution in [0.15, 0.2) is 39.9 Å². The number of hydrogen-bond donors (Lipinski definition) is 2. The average molecular weight is 491 g/mol. The van der Waals surface area contributed by atoms with Gasteiger partial charge in [0.25, 0.3) is 0 Å². The third-order valence-corrected chi connectivity index (χ3v) is 3.84. The Bertz CT molecular complexity index is 710. The van der Waals surface area contributed by atoms with Crippen molar-refractivity contribution in [3.8, 4) is 0 Å². The molecule has 0 radical (unpaired) electrons. The Morgan fingerprint density at radius 3 is 2.65 bits per heavy atom. The van der Waals surface area contributed by atoms with Crippen molar-refractivity contribution in [2.24, 2.45) is 4.99 Å². The Labute approximate surface area is 178 Å². The first kappa shape index (κ1) is 22.8. The standard InChI is InChI=1S/C19H27ClN4O.HI/c1-5-21-18(22-10-9-14-7-6-8-15(20)11-14)24-13-17-23-12-16(25-17)19(2,3)4;/h6-8,11-12H,5,9-10,13H2,1-4H3,(H2,21,22,24);1H. The summed E-state index contributed by atoms with van der Waals surface area (Å²) in [6.07, 6.45) is 2.66. The number of oxazole rings is 1. The highest BCUT2D eigenvalue weighted by atomic mass is 127. The van der Waals surface area contributed by atoms with E-state index in [1.54, 1.807) is 6.20 Å². The maximum Gasteiger partial charge on any atom is 0.216 e. The van der Waals surface area contributed by atoms with Gasteiger partial charge in [0.15, 0.2) is 5.96 Å². The molecule has 1 aromatic heterocycles. The SMILES string of the molecule is CCNC(=NCc1ncc(C(C)(C)C)o1)NCCc1cccc(Cl)c1.I. The van der Waals surface area contributed by atoms with Gasteiger partial charge in [-0.05, 0) is 31.0 Å². The fourth-order valence-electron chi connectivity index (χ4n) is 2.24. The number of nitrogens with zero attached hydrogens (tertiary/aromatic N) is 2. The summed E-state index contributed by atoms with van der Waals surface area (Å²) in [7, 11) is 0. The summed E-state index contributed by atoms with van der Waals surface area (Å²) in [6.45, 7) is 10.3. The van der Waals surface area contributed by atoms with Gasteiger partial charge in [-0.1, -0.05) is 44.5 Å². The largest absolute Gasteiger partial charge is 0.443 e. The van der Waals surface area contributed by atoms with Gasteiger partial charge in [-0.15, -0.1) is 24.0 Å². The zero-order chi connectivity index (χ0) is 18.3. The van der Waals surface area contributed by atoms with Crippen LogP contribution < -0.4 is 10.6 Å². The van der Waals surface area contributed by atoms with Gasteiger partial charge in [-0.3, -0.25) is 0 Å². The van der Waals surface area contributed by atoms with Gasteiger partial charge in [0.05, 0.1) is 6.20 Å². The number of guanidine groups is 1. The van der Waals surface area contributed by atoms with Crippen molar-refractivity contribution in [2.45, 2.75) is 46.1 Å². The molecule has 2 rings (SSSR count). The van der Waals surface area contributed by atoms with E-state index in [2.05, 4.69) is 47.4 Å². The van der Waals surface area contributed by atoms with E-state index in [1.807, 2.05) is 25.1 Å². The predicted octanol–water partition coefficient (Wildman–Crippen LogP) is 4.54. The minimum absolute atomic E-state index is 0. The van der Waals surface area contributed by atoms with Gasteiger partial charge in [-0.25, -0.2) is 9.98 Å². The van der Waals surface area contributed by atoms with Crippen LogP contribution in [0.4, 0.5) is 0 Å². The molecule has 5 nitrogen and oxygen atoms in total. The van der Waals surface area contributed by atoms with Crippen molar-refractivity contribution in [3.63, 3.8) is 0 Å². The maximum atomic E-state index is 6.01. The van der Waals surface area contributed by atoms with E-state index in [1.165, 1.54) is 5.56 Å². The number of aromatic nitrogens is 1. The summed E-state index contributed by atoms with van der Waals surface area (Å²) in [5.41, 5.74) is 1.15. The molecule has 0 fully saturated rings. The van der Waals surface area contributed by atoms with Crippen LogP contribution in [0.25, 0.3) is 0 Å². The quantitative estimate of drug-likeness (QED) is 0.354. The lowest BCUT2D eigenvalue weighted by Crippen LogP contribution is -2.38. The number of aliphatic imine (C=N–C) groups is 1. The summed E-state index contributed by atoms with van der Waals surface area (Å²) in [6, 6.07) is 7.89. The van der Waals surface area contributed by atoms with Gasteiger partial charge in [0.2, 0.25) is 5.89 Å². The van der Waals surface area contributed by atoms with Gasteiger partial charge in [-0.2, -0.15) is 0 Å². The minimum atomic E-state index is -0.0470. The highest BCUT2D eigenvalue weighted by Gasteiger charge is 2.18. The van der Waals surface area contributed by atoms with Crippen molar-refractivity contribution < 1.29 is 4.42 Å². The van der Waals surface area contributed by atoms with E-state index in [4.69, 9.17) is 16.0 Å². The van der Waals surface area contributed by atoms with Crippen molar-refractivity contribution in [3.05, 3.63) is 52.7 Å². The number of nitrogens with one attached hydrogen (secondary N) is 2. The second-order valence-corrected chi connectivity index (χ2v) is 7.31. The third kappa shape index (κ3) is 7.53. The third-order valence-electron chi connectivity index (χ3n) is 3.60. The van der Waals surface area contributed by atoms with Gasteiger partial charge in [0.1, 0.15) is 12.3 Å². The summed E-state index contributed by atoms with van der Waals surface area (Å²) in [4.78, 5) is 8.85. The topological polar surface area (TPSA) is 62.5 Å². The Morgan fingerprint density at radius 2 is 2.04 bits per heavy atom. The number of benzene rings is 1. The van der Waals surface area contributed by atoms with Crippen molar-refractivity contribution in [1.29, 1.82) is 0 Å². The first-order valence-corrected chi connectivity index (χ1v) is 8.98. The number of rotatable bonds is 6. The Balaban J connectivity index is 0.00000338. The molecule has 2 N–H and O–H groups in total. The normalized spacial score (nSPS) is 11.8. The molecule has 1 heterocycles. The molecule has 1 aromatic carbocycles. The van der Waals surface area contributed by atoms with Crippen LogP contribution in [0.5, 0.6) is 0 Å². The molecule has 2 aromatic rings. The molecule has 0 spiro atoms. The molecule has 0 aliphatic carbocycles. The molecule has 0 aliphatic rings. The van der Waals surface area contributed by atoms with Crippen LogP contribution >= 0.6 is 35.6 Å². The van der Waals surface area contributed by atoms with Crippen LogP contribution in [0.2, 0.25) is 5.02 Å². The molecule has 26 heavy (non-hydrogen) atoms. The molecule has 0 aliphatic heterocycles. The molecule has 0 unspecified atom stereocenters. The lowest BCUT2D eigenvalue weighted by atomic mass is 9.94. The summed E-state index contributed by atoms with van der Waals surface area (Å²) in [5.74, 6) is 2.24. The van der Waals surface area contributed by atoms with E-state index in [9.17, 15) is 0 Å².